The molecule has 1 spiro atoms. The number of fused-ring (bicyclic) bond motifs is 1. The summed E-state index contributed by atoms with van der Waals surface area (Å²) < 4.78 is 11.8. The van der Waals surface area contributed by atoms with Gasteiger partial charge in [-0.05, 0) is 25.0 Å². The lowest BCUT2D eigenvalue weighted by atomic mass is 10.0. The first-order chi connectivity index (χ1) is 14.3. The van der Waals surface area contributed by atoms with Gasteiger partial charge in [0.2, 0.25) is 5.91 Å². The second-order valence-electron chi connectivity index (χ2n) is 7.14. The molecule has 30 heavy (non-hydrogen) atoms. The Bertz CT molecular complexity index is 805. The van der Waals surface area contributed by atoms with Crippen LogP contribution in [0, 0.1) is 0 Å². The number of thioether (sulfide) groups is 1. The summed E-state index contributed by atoms with van der Waals surface area (Å²) in [5.74, 6) is -0.0535. The fraction of sp³-hybridized carbons (Fsp3) is 0.450. The van der Waals surface area contributed by atoms with Gasteiger partial charge in [0.05, 0.1) is 10.6 Å². The van der Waals surface area contributed by atoms with Gasteiger partial charge >= 0.3 is 11.9 Å². The summed E-state index contributed by atoms with van der Waals surface area (Å²) in [7, 11) is 0. The fourth-order valence-corrected chi connectivity index (χ4v) is 4.62. The molecule has 0 radical (unpaired) electrons. The maximum absolute atomic E-state index is 11.4. The molecular weight excluding hydrogens is 412 g/mol. The van der Waals surface area contributed by atoms with Gasteiger partial charge in [0.1, 0.15) is 12.7 Å². The number of carbonyl (C=O) groups excluding carboxylic acids is 1. The quantitative estimate of drug-likeness (QED) is 0.597. The van der Waals surface area contributed by atoms with Crippen molar-refractivity contribution in [3.05, 3.63) is 36.4 Å². The second-order valence-corrected chi connectivity index (χ2v) is 8.50. The molecule has 2 saturated heterocycles. The number of amides is 1. The number of hydrogen-bond acceptors (Lipinski definition) is 7. The van der Waals surface area contributed by atoms with Crippen molar-refractivity contribution in [2.45, 2.75) is 23.8 Å². The number of para-hydroxylation sites is 2. The van der Waals surface area contributed by atoms with Gasteiger partial charge in [-0.15, -0.1) is 11.8 Å². The van der Waals surface area contributed by atoms with Crippen LogP contribution in [-0.4, -0.2) is 75.9 Å². The third-order valence-electron chi connectivity index (χ3n) is 4.91. The monoisotopic (exact) mass is 436 g/mol. The molecule has 0 aliphatic carbocycles. The van der Waals surface area contributed by atoms with E-state index >= 15 is 0 Å². The average Bonchev–Trinajstić information content (AvgIpc) is 3.09. The van der Waals surface area contributed by atoms with Gasteiger partial charge in [-0.1, -0.05) is 12.1 Å². The highest BCUT2D eigenvalue weighted by Crippen LogP contribution is 2.37. The van der Waals surface area contributed by atoms with Crippen molar-refractivity contribution in [1.29, 1.82) is 0 Å². The molecule has 4 rings (SSSR count). The van der Waals surface area contributed by atoms with Crippen LogP contribution in [0.1, 0.15) is 12.8 Å². The van der Waals surface area contributed by atoms with Crippen LogP contribution in [0.3, 0.4) is 0 Å². The zero-order chi connectivity index (χ0) is 21.6. The Hall–Kier alpha value is -2.72. The Morgan fingerprint density at radius 1 is 1.17 bits per heavy atom. The number of piperidine rings is 1. The number of likely N-dealkylation sites (tertiary alicyclic amines) is 1. The number of aliphatic carboxylic acids is 2. The molecule has 1 aromatic rings. The van der Waals surface area contributed by atoms with Crippen LogP contribution in [-0.2, 0) is 14.4 Å². The normalized spacial score (nSPS) is 22.3. The minimum atomic E-state index is -1.26. The molecule has 0 saturated carbocycles. The third-order valence-corrected chi connectivity index (χ3v) is 6.38. The van der Waals surface area contributed by atoms with E-state index < -0.39 is 11.9 Å². The highest BCUT2D eigenvalue weighted by molar-refractivity contribution is 8.01. The number of ether oxygens (including phenoxy) is 2. The van der Waals surface area contributed by atoms with E-state index in [2.05, 4.69) is 10.2 Å². The average molecular weight is 436 g/mol. The molecule has 162 valence electrons. The van der Waals surface area contributed by atoms with Gasteiger partial charge in [-0.25, -0.2) is 9.59 Å². The first-order valence-electron chi connectivity index (χ1n) is 9.55. The molecule has 1 atom stereocenters. The molecule has 3 aliphatic heterocycles. The summed E-state index contributed by atoms with van der Waals surface area (Å²) in [6.07, 6.45) is 3.21. The maximum atomic E-state index is 11.4. The van der Waals surface area contributed by atoms with Crippen LogP contribution in [0.4, 0.5) is 0 Å². The van der Waals surface area contributed by atoms with Gasteiger partial charge in [-0.2, -0.15) is 0 Å². The molecule has 1 amide bonds. The van der Waals surface area contributed by atoms with Crippen molar-refractivity contribution in [2.24, 2.45) is 0 Å². The van der Waals surface area contributed by atoms with E-state index in [-0.39, 0.29) is 16.9 Å². The summed E-state index contributed by atoms with van der Waals surface area (Å²) in [6.45, 7) is 3.47. The lowest BCUT2D eigenvalue weighted by Gasteiger charge is -2.40. The Morgan fingerprint density at radius 3 is 2.37 bits per heavy atom. The molecule has 1 aromatic carbocycles. The molecule has 9 nitrogen and oxygen atoms in total. The molecule has 1 unspecified atom stereocenters. The Balaban J connectivity index is 0.000000275. The van der Waals surface area contributed by atoms with Crippen molar-refractivity contribution in [2.75, 3.05) is 32.0 Å². The van der Waals surface area contributed by atoms with Crippen molar-refractivity contribution < 1.29 is 34.1 Å². The number of carbonyl (C=O) groups is 3. The van der Waals surface area contributed by atoms with Crippen LogP contribution in [0.15, 0.2) is 36.4 Å². The first-order valence-corrected chi connectivity index (χ1v) is 10.5. The van der Waals surface area contributed by atoms with Gasteiger partial charge in [-0.3, -0.25) is 9.69 Å². The lowest BCUT2D eigenvalue weighted by molar-refractivity contribution is -0.134. The largest absolute Gasteiger partial charge is 0.486 e. The summed E-state index contributed by atoms with van der Waals surface area (Å²) in [5, 5.41) is 18.8. The zero-order valence-electron chi connectivity index (χ0n) is 16.3. The predicted octanol–water partition coefficient (Wildman–Crippen LogP) is 1.19. The Kier molecular flexibility index (Phi) is 7.22. The highest BCUT2D eigenvalue weighted by Gasteiger charge is 2.41. The SMILES string of the molecule is O=C(O)/C=C/C(=O)O.O=C1CSC2(CCN(CC3COc4ccccc4O3)CC2)N1. The van der Waals surface area contributed by atoms with Crippen LogP contribution >= 0.6 is 11.8 Å². The van der Waals surface area contributed by atoms with Crippen molar-refractivity contribution in [3.8, 4) is 11.5 Å². The molecule has 10 heteroatoms. The molecular formula is C20H24N2O7S. The molecule has 2 fully saturated rings. The predicted molar refractivity (Wildman–Crippen MR) is 110 cm³/mol. The van der Waals surface area contributed by atoms with E-state index in [4.69, 9.17) is 19.7 Å². The van der Waals surface area contributed by atoms with Crippen molar-refractivity contribution in [3.63, 3.8) is 0 Å². The van der Waals surface area contributed by atoms with E-state index in [9.17, 15) is 14.4 Å². The molecule has 0 bridgehead atoms. The summed E-state index contributed by atoms with van der Waals surface area (Å²) in [5.41, 5.74) is 0. The fourth-order valence-electron chi connectivity index (χ4n) is 3.48. The number of benzene rings is 1. The lowest BCUT2D eigenvalue weighted by Crippen LogP contribution is -2.52. The number of nitrogens with one attached hydrogen (secondary N) is 1. The smallest absolute Gasteiger partial charge is 0.328 e. The maximum Gasteiger partial charge on any atom is 0.328 e. The molecule has 3 N–H and O–H groups in total. The highest BCUT2D eigenvalue weighted by atomic mass is 32.2. The third kappa shape index (κ3) is 6.14. The summed E-state index contributed by atoms with van der Waals surface area (Å²) in [4.78, 5) is 33.0. The van der Waals surface area contributed by atoms with Crippen LogP contribution in [0.2, 0.25) is 0 Å². The summed E-state index contributed by atoms with van der Waals surface area (Å²) in [6, 6.07) is 7.82. The van der Waals surface area contributed by atoms with Gasteiger partial charge in [0, 0.05) is 31.8 Å². The molecule has 3 aliphatic rings. The van der Waals surface area contributed by atoms with E-state index in [0.717, 1.165) is 44.0 Å². The van der Waals surface area contributed by atoms with Gasteiger partial charge in [0.25, 0.3) is 0 Å². The van der Waals surface area contributed by atoms with Crippen LogP contribution in [0.25, 0.3) is 0 Å². The first kappa shape index (κ1) is 22.0. The van der Waals surface area contributed by atoms with Gasteiger partial charge in [0.15, 0.2) is 11.5 Å². The number of nitrogens with zero attached hydrogens (tertiary/aromatic N) is 1. The van der Waals surface area contributed by atoms with Crippen molar-refractivity contribution in [1.82, 2.24) is 10.2 Å². The number of carboxylic acid groups (broad SMARTS) is 2. The minimum Gasteiger partial charge on any atom is -0.486 e. The zero-order valence-corrected chi connectivity index (χ0v) is 17.1. The topological polar surface area (TPSA) is 125 Å². The number of carboxylic acids is 2. The van der Waals surface area contributed by atoms with Gasteiger partial charge < -0.3 is 25.0 Å². The Morgan fingerprint density at radius 2 is 1.80 bits per heavy atom. The van der Waals surface area contributed by atoms with Crippen LogP contribution in [0.5, 0.6) is 11.5 Å². The standard InChI is InChI=1S/C16H20N2O3S.C4H4O4/c19-15-11-22-16(17-15)5-7-18(8-6-16)9-12-10-20-13-3-1-2-4-14(13)21-12;5-3(6)1-2-4(7)8/h1-4,12H,5-11H2,(H,17,19);1-2H,(H,5,6)(H,7,8)/b;2-1+. The minimum absolute atomic E-state index is 0.00982. The van der Waals surface area contributed by atoms with E-state index in [1.165, 1.54) is 0 Å². The number of rotatable bonds is 4. The summed E-state index contributed by atoms with van der Waals surface area (Å²) >= 11 is 1.77. The molecule has 0 aromatic heterocycles. The van der Waals surface area contributed by atoms with Crippen molar-refractivity contribution >= 4 is 29.6 Å². The number of hydrogen-bond donors (Lipinski definition) is 3. The van der Waals surface area contributed by atoms with E-state index in [0.29, 0.717) is 24.5 Å². The van der Waals surface area contributed by atoms with E-state index in [1.807, 2.05) is 24.3 Å². The van der Waals surface area contributed by atoms with Crippen LogP contribution < -0.4 is 14.8 Å². The van der Waals surface area contributed by atoms with E-state index in [1.54, 1.807) is 11.8 Å². The second kappa shape index (κ2) is 9.86. The molecule has 3 heterocycles. The Labute approximate surface area is 178 Å².